The number of benzene rings is 6. The number of amides is 1. The van der Waals surface area contributed by atoms with Crippen molar-refractivity contribution in [3.05, 3.63) is 192 Å². The molecule has 0 unspecified atom stereocenters. The first-order valence-corrected chi connectivity index (χ1v) is 20.9. The number of hydrogen-bond acceptors (Lipinski definition) is 9. The van der Waals surface area contributed by atoms with E-state index in [-0.39, 0.29) is 36.3 Å². The van der Waals surface area contributed by atoms with Gasteiger partial charge in [-0.1, -0.05) is 164 Å². The number of aliphatic hydroxyl groups is 1. The second-order valence-electron chi connectivity index (χ2n) is 14.7. The van der Waals surface area contributed by atoms with Crippen LogP contribution in [0.4, 0.5) is 0 Å². The zero-order chi connectivity index (χ0) is 40.8. The Hall–Kier alpha value is -6.43. The fourth-order valence-electron chi connectivity index (χ4n) is 7.51. The van der Waals surface area contributed by atoms with Crippen LogP contribution in [0.2, 0.25) is 0 Å². The summed E-state index contributed by atoms with van der Waals surface area (Å²) in [7, 11) is 0. The zero-order valence-corrected chi connectivity index (χ0v) is 33.7. The average molecular weight is 811 g/mol. The topological polar surface area (TPSA) is 120 Å². The highest BCUT2D eigenvalue weighted by atomic mass is 32.2. The largest absolute Gasteiger partial charge is 0.431 e. The lowest BCUT2D eigenvalue weighted by atomic mass is 9.91. The van der Waals surface area contributed by atoms with Gasteiger partial charge in [-0.15, -0.1) is 0 Å². The van der Waals surface area contributed by atoms with Gasteiger partial charge in [0.15, 0.2) is 12.1 Å². The highest BCUT2D eigenvalue weighted by Gasteiger charge is 2.39. The van der Waals surface area contributed by atoms with Crippen molar-refractivity contribution in [2.45, 2.75) is 43.8 Å². The van der Waals surface area contributed by atoms with Crippen LogP contribution in [0.25, 0.3) is 44.7 Å². The Bertz CT molecular complexity index is 2650. The molecule has 1 amide bonds. The summed E-state index contributed by atoms with van der Waals surface area (Å²) in [5.74, 6) is 1.00. The molecule has 1 fully saturated rings. The van der Waals surface area contributed by atoms with Crippen LogP contribution in [0, 0.1) is 5.92 Å². The van der Waals surface area contributed by atoms with Crippen molar-refractivity contribution < 1.29 is 23.8 Å². The maximum absolute atomic E-state index is 13.1. The van der Waals surface area contributed by atoms with E-state index in [1.165, 1.54) is 18.0 Å². The van der Waals surface area contributed by atoms with Crippen LogP contribution < -0.4 is 5.32 Å². The first kappa shape index (κ1) is 39.1. The molecule has 1 saturated heterocycles. The van der Waals surface area contributed by atoms with Crippen molar-refractivity contribution >= 4 is 28.7 Å². The minimum atomic E-state index is -0.648. The van der Waals surface area contributed by atoms with Crippen molar-refractivity contribution in [2.75, 3.05) is 5.75 Å². The molecule has 0 radical (unpaired) electrons. The molecule has 6 aromatic carbocycles. The van der Waals surface area contributed by atoms with Crippen LogP contribution in [0.1, 0.15) is 52.1 Å². The number of aromatic nitrogens is 3. The maximum Gasteiger partial charge on any atom is 0.271 e. The van der Waals surface area contributed by atoms with Gasteiger partial charge in [-0.25, -0.2) is 9.97 Å². The molecule has 2 N–H and O–H groups in total. The van der Waals surface area contributed by atoms with Gasteiger partial charge in [0.2, 0.25) is 0 Å². The monoisotopic (exact) mass is 810 g/mol. The van der Waals surface area contributed by atoms with Gasteiger partial charge in [0, 0.05) is 34.9 Å². The van der Waals surface area contributed by atoms with Gasteiger partial charge < -0.3 is 24.3 Å². The Kier molecular flexibility index (Phi) is 11.6. The Morgan fingerprint density at radius 1 is 0.700 bits per heavy atom. The minimum absolute atomic E-state index is 0.0205. The Morgan fingerprint density at radius 2 is 1.37 bits per heavy atom. The average Bonchev–Trinajstić information content (AvgIpc) is 3.75. The lowest BCUT2D eigenvalue weighted by molar-refractivity contribution is -0.268. The number of para-hydroxylation sites is 2. The third kappa shape index (κ3) is 8.50. The summed E-state index contributed by atoms with van der Waals surface area (Å²) in [6, 6.07) is 51.8. The summed E-state index contributed by atoms with van der Waals surface area (Å²) in [6.45, 7) is 2.44. The highest BCUT2D eigenvalue weighted by Crippen LogP contribution is 2.44. The van der Waals surface area contributed by atoms with Crippen molar-refractivity contribution in [3.63, 3.8) is 0 Å². The maximum atomic E-state index is 13.1. The Balaban J connectivity index is 0.946. The van der Waals surface area contributed by atoms with Gasteiger partial charge in [-0.05, 0) is 39.9 Å². The van der Waals surface area contributed by atoms with E-state index >= 15 is 0 Å². The summed E-state index contributed by atoms with van der Waals surface area (Å²) in [5, 5.41) is 13.3. The van der Waals surface area contributed by atoms with Gasteiger partial charge in [0.25, 0.3) is 11.1 Å². The first-order chi connectivity index (χ1) is 29.5. The van der Waals surface area contributed by atoms with Gasteiger partial charge in [0.1, 0.15) is 11.4 Å². The predicted molar refractivity (Wildman–Crippen MR) is 234 cm³/mol. The van der Waals surface area contributed by atoms with E-state index in [9.17, 15) is 9.90 Å². The summed E-state index contributed by atoms with van der Waals surface area (Å²) in [5.41, 5.74) is 10.1. The van der Waals surface area contributed by atoms with Crippen LogP contribution in [-0.2, 0) is 22.6 Å². The SMILES string of the molecule is C[C@@H]1[C@H](CSc2nc(-c3ccccc3)c(-c3ccccc3)o2)O[C@H](c2ccc(-c3ccccc3CNC(=O)c3cnc4ccccc4n3)cc2)O[C@@H]1c1ccc(CO)cc1. The number of hydrogen-bond donors (Lipinski definition) is 2. The molecule has 0 aliphatic carbocycles. The predicted octanol–water partition coefficient (Wildman–Crippen LogP) is 10.6. The van der Waals surface area contributed by atoms with E-state index in [1.54, 1.807) is 0 Å². The van der Waals surface area contributed by atoms with E-state index in [2.05, 4.69) is 40.4 Å². The Labute approximate surface area is 352 Å². The number of fused-ring (bicyclic) bond motifs is 1. The number of nitrogens with zero attached hydrogens (tertiary/aromatic N) is 3. The molecule has 8 aromatic rings. The molecule has 1 aliphatic heterocycles. The molecule has 1 aliphatic rings. The molecule has 298 valence electrons. The van der Waals surface area contributed by atoms with Crippen LogP contribution in [0.15, 0.2) is 174 Å². The molecule has 0 saturated carbocycles. The molecule has 0 spiro atoms. The molecule has 9 rings (SSSR count). The van der Waals surface area contributed by atoms with Crippen molar-refractivity contribution in [1.29, 1.82) is 0 Å². The quantitative estimate of drug-likeness (QED) is 0.116. The molecule has 2 aromatic heterocycles. The standard InChI is InChI=1S/C50H42N4O5S/c1-32-44(31-60-50-54-45(35-12-4-2-5-13-35)47(59-50)36-14-6-3-7-15-36)57-49(58-46(32)37-22-20-33(30-55)21-23-37)38-26-24-34(25-27-38)40-17-9-8-16-39(40)28-52-48(56)43-29-51-41-18-10-11-19-42(41)53-43/h2-27,29,32,44,46,49,55H,28,30-31H2,1H3,(H,52,56)/t32-,44+,46+,49+/m1/s1. The number of nitrogens with one attached hydrogen (secondary N) is 1. The van der Waals surface area contributed by atoms with E-state index in [0.717, 1.165) is 61.5 Å². The smallest absolute Gasteiger partial charge is 0.271 e. The number of aliphatic hydroxyl groups excluding tert-OH is 1. The van der Waals surface area contributed by atoms with Crippen molar-refractivity contribution in [3.8, 4) is 33.7 Å². The third-order valence-corrected chi connectivity index (χ3v) is 11.7. The van der Waals surface area contributed by atoms with Gasteiger partial charge in [0.05, 0.1) is 36.0 Å². The summed E-state index contributed by atoms with van der Waals surface area (Å²) >= 11 is 1.53. The third-order valence-electron chi connectivity index (χ3n) is 10.8. The van der Waals surface area contributed by atoms with E-state index in [1.807, 2.05) is 140 Å². The van der Waals surface area contributed by atoms with E-state index in [0.29, 0.717) is 23.0 Å². The van der Waals surface area contributed by atoms with Crippen LogP contribution in [0.3, 0.4) is 0 Å². The molecular weight excluding hydrogens is 769 g/mol. The molecule has 9 nitrogen and oxygen atoms in total. The Morgan fingerprint density at radius 3 is 2.12 bits per heavy atom. The molecule has 10 heteroatoms. The molecule has 3 heterocycles. The minimum Gasteiger partial charge on any atom is -0.431 e. The first-order valence-electron chi connectivity index (χ1n) is 19.9. The number of ether oxygens (including phenoxy) is 2. The molecule has 0 bridgehead atoms. The van der Waals surface area contributed by atoms with Crippen molar-refractivity contribution in [1.82, 2.24) is 20.3 Å². The van der Waals surface area contributed by atoms with Gasteiger partial charge >= 0.3 is 0 Å². The molecule has 60 heavy (non-hydrogen) atoms. The normalized spacial score (nSPS) is 17.7. The lowest BCUT2D eigenvalue weighted by Crippen LogP contribution is -2.38. The van der Waals surface area contributed by atoms with Crippen LogP contribution in [0.5, 0.6) is 0 Å². The fourth-order valence-corrected chi connectivity index (χ4v) is 8.50. The fraction of sp³-hybridized carbons (Fsp3) is 0.160. The lowest BCUT2D eigenvalue weighted by Gasteiger charge is -2.41. The number of rotatable bonds is 12. The van der Waals surface area contributed by atoms with Gasteiger partial charge in [-0.2, -0.15) is 0 Å². The number of carbonyl (C=O) groups is 1. The molecular formula is C50H42N4O5S. The van der Waals surface area contributed by atoms with Crippen LogP contribution in [-0.4, -0.2) is 37.8 Å². The summed E-state index contributed by atoms with van der Waals surface area (Å²) < 4.78 is 20.1. The zero-order valence-electron chi connectivity index (χ0n) is 32.8. The summed E-state index contributed by atoms with van der Waals surface area (Å²) in [4.78, 5) is 27.0. The van der Waals surface area contributed by atoms with E-state index in [4.69, 9.17) is 18.9 Å². The number of carbonyl (C=O) groups excluding carboxylic acids is 1. The van der Waals surface area contributed by atoms with Gasteiger partial charge in [-0.3, -0.25) is 9.78 Å². The number of thioether (sulfide) groups is 1. The number of oxazole rings is 1. The summed E-state index contributed by atoms with van der Waals surface area (Å²) in [6.07, 6.45) is 0.362. The second-order valence-corrected chi connectivity index (χ2v) is 15.7. The van der Waals surface area contributed by atoms with Crippen LogP contribution >= 0.6 is 11.8 Å². The second kappa shape index (κ2) is 17.8. The van der Waals surface area contributed by atoms with E-state index < -0.39 is 6.29 Å². The highest BCUT2D eigenvalue weighted by molar-refractivity contribution is 7.99. The van der Waals surface area contributed by atoms with Crippen molar-refractivity contribution in [2.24, 2.45) is 5.92 Å². The molecule has 4 atom stereocenters.